The normalized spacial score (nSPS) is 14.9. The molecule has 0 aliphatic carbocycles. The fourth-order valence-electron chi connectivity index (χ4n) is 4.09. The highest BCUT2D eigenvalue weighted by Crippen LogP contribution is 2.24. The van der Waals surface area contributed by atoms with Crippen molar-refractivity contribution in [2.45, 2.75) is 13.2 Å². The molecule has 1 saturated heterocycles. The molecule has 0 amide bonds. The molecule has 1 aliphatic heterocycles. The van der Waals surface area contributed by atoms with Gasteiger partial charge in [-0.1, -0.05) is 41.9 Å². The van der Waals surface area contributed by atoms with Crippen molar-refractivity contribution in [1.29, 1.82) is 0 Å². The van der Waals surface area contributed by atoms with E-state index in [-0.39, 0.29) is 0 Å². The van der Waals surface area contributed by atoms with E-state index in [2.05, 4.69) is 59.2 Å². The van der Waals surface area contributed by atoms with E-state index in [1.165, 1.54) is 5.56 Å². The molecular weight excluding hydrogens is 428 g/mol. The van der Waals surface area contributed by atoms with Crippen molar-refractivity contribution in [3.63, 3.8) is 0 Å². The van der Waals surface area contributed by atoms with Crippen molar-refractivity contribution in [3.8, 4) is 0 Å². The molecule has 0 spiro atoms. The minimum absolute atomic E-state index is 0.721. The van der Waals surface area contributed by atoms with Crippen LogP contribution in [-0.4, -0.2) is 50.2 Å². The summed E-state index contributed by atoms with van der Waals surface area (Å²) in [6.07, 6.45) is 3.58. The van der Waals surface area contributed by atoms with E-state index in [0.29, 0.717) is 0 Å². The Morgan fingerprint density at radius 1 is 0.839 bits per heavy atom. The SMILES string of the molecule is S=c1n(Cc2ccccc2)c2ccc(Cl)cc2n1CN1CCN(c2ncccn2)CC1. The second kappa shape index (κ2) is 8.78. The van der Waals surface area contributed by atoms with Crippen molar-refractivity contribution in [3.05, 3.63) is 82.3 Å². The molecule has 8 heteroatoms. The van der Waals surface area contributed by atoms with Gasteiger partial charge in [0.15, 0.2) is 4.77 Å². The van der Waals surface area contributed by atoms with E-state index in [9.17, 15) is 0 Å². The Morgan fingerprint density at radius 3 is 2.32 bits per heavy atom. The summed E-state index contributed by atoms with van der Waals surface area (Å²) < 4.78 is 5.22. The Kier molecular flexibility index (Phi) is 5.72. The first kappa shape index (κ1) is 20.2. The van der Waals surface area contributed by atoms with E-state index in [1.54, 1.807) is 12.4 Å². The number of hydrogen-bond donors (Lipinski definition) is 0. The van der Waals surface area contributed by atoms with Gasteiger partial charge >= 0.3 is 0 Å². The zero-order valence-electron chi connectivity index (χ0n) is 17.1. The number of piperazine rings is 1. The number of fused-ring (bicyclic) bond motifs is 1. The fourth-order valence-corrected chi connectivity index (χ4v) is 4.58. The van der Waals surface area contributed by atoms with Crippen molar-refractivity contribution >= 4 is 40.8 Å². The number of aromatic nitrogens is 4. The van der Waals surface area contributed by atoms with Crippen molar-refractivity contribution in [2.24, 2.45) is 0 Å². The van der Waals surface area contributed by atoms with Gasteiger partial charge in [-0.05, 0) is 42.0 Å². The van der Waals surface area contributed by atoms with E-state index in [4.69, 9.17) is 23.8 Å². The Hall–Kier alpha value is -2.74. The summed E-state index contributed by atoms with van der Waals surface area (Å²) in [6.45, 7) is 5.10. The summed E-state index contributed by atoms with van der Waals surface area (Å²) >= 11 is 12.3. The number of hydrogen-bond acceptors (Lipinski definition) is 5. The van der Waals surface area contributed by atoms with E-state index in [0.717, 1.165) is 66.2 Å². The lowest BCUT2D eigenvalue weighted by molar-refractivity contribution is 0.206. The third-order valence-corrected chi connectivity index (χ3v) is 6.39. The largest absolute Gasteiger partial charge is 0.338 e. The average molecular weight is 451 g/mol. The maximum absolute atomic E-state index is 6.35. The van der Waals surface area contributed by atoms with Gasteiger partial charge in [-0.25, -0.2) is 9.97 Å². The standard InChI is InChI=1S/C23H23ClN6S/c24-19-7-8-20-21(15-19)30(23(31)29(20)16-18-5-2-1-3-6-18)17-27-11-13-28(14-12-27)22-25-9-4-10-26-22/h1-10,15H,11-14,16-17H2. The smallest absolute Gasteiger partial charge is 0.225 e. The molecule has 6 nitrogen and oxygen atoms in total. The summed E-state index contributed by atoms with van der Waals surface area (Å²) in [5.41, 5.74) is 3.40. The van der Waals surface area contributed by atoms with Crippen LogP contribution >= 0.6 is 23.8 Å². The monoisotopic (exact) mass is 450 g/mol. The molecule has 4 aromatic rings. The molecule has 1 fully saturated rings. The Bertz CT molecular complexity index is 1230. The van der Waals surface area contributed by atoms with E-state index >= 15 is 0 Å². The fraction of sp³-hybridized carbons (Fsp3) is 0.261. The van der Waals surface area contributed by atoms with Crippen LogP contribution < -0.4 is 4.90 Å². The van der Waals surface area contributed by atoms with Gasteiger partial charge in [-0.2, -0.15) is 0 Å². The van der Waals surface area contributed by atoms with Crippen LogP contribution in [-0.2, 0) is 13.2 Å². The first-order chi connectivity index (χ1) is 15.2. The quantitative estimate of drug-likeness (QED) is 0.420. The minimum Gasteiger partial charge on any atom is -0.338 e. The molecule has 0 saturated carbocycles. The van der Waals surface area contributed by atoms with Crippen LogP contribution in [0.3, 0.4) is 0 Å². The molecule has 2 aromatic carbocycles. The first-order valence-electron chi connectivity index (χ1n) is 10.4. The molecule has 0 bridgehead atoms. The van der Waals surface area contributed by atoms with Crippen LogP contribution in [0, 0.1) is 4.77 Å². The van der Waals surface area contributed by atoms with Crippen molar-refractivity contribution in [2.75, 3.05) is 31.1 Å². The van der Waals surface area contributed by atoms with Crippen molar-refractivity contribution < 1.29 is 0 Å². The van der Waals surface area contributed by atoms with Crippen LogP contribution in [0.4, 0.5) is 5.95 Å². The Balaban J connectivity index is 1.40. The third-order valence-electron chi connectivity index (χ3n) is 5.71. The predicted octanol–water partition coefficient (Wildman–Crippen LogP) is 4.44. The summed E-state index contributed by atoms with van der Waals surface area (Å²) in [7, 11) is 0. The van der Waals surface area contributed by atoms with E-state index < -0.39 is 0 Å². The number of benzene rings is 2. The van der Waals surface area contributed by atoms with Gasteiger partial charge in [0.1, 0.15) is 0 Å². The second-order valence-electron chi connectivity index (χ2n) is 7.71. The molecule has 158 valence electrons. The first-order valence-corrected chi connectivity index (χ1v) is 11.1. The Labute approximate surface area is 191 Å². The van der Waals surface area contributed by atoms with Crippen LogP contribution in [0.1, 0.15) is 5.56 Å². The highest BCUT2D eigenvalue weighted by molar-refractivity contribution is 7.71. The zero-order chi connectivity index (χ0) is 21.2. The predicted molar refractivity (Wildman–Crippen MR) is 127 cm³/mol. The van der Waals surface area contributed by atoms with E-state index in [1.807, 2.05) is 24.3 Å². The second-order valence-corrected chi connectivity index (χ2v) is 8.51. The molecular formula is C23H23ClN6S. The highest BCUT2D eigenvalue weighted by Gasteiger charge is 2.20. The highest BCUT2D eigenvalue weighted by atomic mass is 35.5. The summed E-state index contributed by atoms with van der Waals surface area (Å²) in [4.78, 5) is 13.4. The lowest BCUT2D eigenvalue weighted by Gasteiger charge is -2.34. The maximum atomic E-state index is 6.35. The number of anilines is 1. The lowest BCUT2D eigenvalue weighted by atomic mass is 10.2. The molecule has 31 heavy (non-hydrogen) atoms. The summed E-state index contributed by atoms with van der Waals surface area (Å²) in [5.74, 6) is 0.796. The number of imidazole rings is 1. The van der Waals surface area contributed by atoms with Crippen LogP contribution in [0.25, 0.3) is 11.0 Å². The van der Waals surface area contributed by atoms with Gasteiger partial charge in [0.2, 0.25) is 5.95 Å². The van der Waals surface area contributed by atoms with Gasteiger partial charge in [0.05, 0.1) is 24.2 Å². The molecule has 3 heterocycles. The van der Waals surface area contributed by atoms with Crippen LogP contribution in [0.15, 0.2) is 67.0 Å². The van der Waals surface area contributed by atoms with Gasteiger partial charge < -0.3 is 14.0 Å². The molecule has 1 aliphatic rings. The molecule has 0 atom stereocenters. The Morgan fingerprint density at radius 2 is 1.58 bits per heavy atom. The van der Waals surface area contributed by atoms with Gasteiger partial charge in [0, 0.05) is 43.6 Å². The van der Waals surface area contributed by atoms with Gasteiger partial charge in [-0.15, -0.1) is 0 Å². The molecule has 2 aromatic heterocycles. The van der Waals surface area contributed by atoms with Crippen LogP contribution in [0.2, 0.25) is 5.02 Å². The zero-order valence-corrected chi connectivity index (χ0v) is 18.6. The third kappa shape index (κ3) is 4.21. The summed E-state index contributed by atoms with van der Waals surface area (Å²) in [6, 6.07) is 18.3. The molecule has 0 radical (unpaired) electrons. The summed E-state index contributed by atoms with van der Waals surface area (Å²) in [5, 5.41) is 0.721. The van der Waals surface area contributed by atoms with Crippen molar-refractivity contribution in [1.82, 2.24) is 24.0 Å². The average Bonchev–Trinajstić information content (AvgIpc) is 3.06. The number of rotatable bonds is 5. The topological polar surface area (TPSA) is 42.1 Å². The van der Waals surface area contributed by atoms with Gasteiger partial charge in [0.25, 0.3) is 0 Å². The lowest BCUT2D eigenvalue weighted by Crippen LogP contribution is -2.47. The minimum atomic E-state index is 0.721. The number of halogens is 1. The molecule has 0 unspecified atom stereocenters. The number of nitrogens with zero attached hydrogens (tertiary/aromatic N) is 6. The molecule has 0 N–H and O–H groups in total. The molecule has 5 rings (SSSR count). The maximum Gasteiger partial charge on any atom is 0.225 e. The van der Waals surface area contributed by atoms with Gasteiger partial charge in [-0.3, -0.25) is 4.90 Å². The van der Waals surface area contributed by atoms with Crippen LogP contribution in [0.5, 0.6) is 0 Å².